The molecular formula is C13H19NO5S. The standard InChI is InChI=1S/C13H19NO5S/c1-4-10(9-13(15)19-3)14-20(16,17)12-7-5-11(18-2)6-8-12/h5-8,10,14H,4,9H2,1-3H3. The molecule has 1 aromatic rings. The third kappa shape index (κ3) is 4.50. The Morgan fingerprint density at radius 2 is 1.85 bits per heavy atom. The molecule has 1 aromatic carbocycles. The molecule has 20 heavy (non-hydrogen) atoms. The van der Waals surface area contributed by atoms with Gasteiger partial charge in [0.05, 0.1) is 25.5 Å². The van der Waals surface area contributed by atoms with Crippen LogP contribution in [0.3, 0.4) is 0 Å². The van der Waals surface area contributed by atoms with Crippen LogP contribution < -0.4 is 9.46 Å². The van der Waals surface area contributed by atoms with Crippen LogP contribution in [0.1, 0.15) is 19.8 Å². The van der Waals surface area contributed by atoms with Crippen molar-refractivity contribution in [3.05, 3.63) is 24.3 Å². The van der Waals surface area contributed by atoms with Gasteiger partial charge in [0, 0.05) is 6.04 Å². The van der Waals surface area contributed by atoms with E-state index in [1.54, 1.807) is 19.1 Å². The Morgan fingerprint density at radius 3 is 2.30 bits per heavy atom. The van der Waals surface area contributed by atoms with E-state index in [4.69, 9.17) is 4.74 Å². The maximum atomic E-state index is 12.2. The summed E-state index contributed by atoms with van der Waals surface area (Å²) in [4.78, 5) is 11.3. The first-order chi connectivity index (χ1) is 9.42. The number of carbonyl (C=O) groups is 1. The second kappa shape index (κ2) is 7.25. The lowest BCUT2D eigenvalue weighted by atomic mass is 10.2. The van der Waals surface area contributed by atoms with Crippen molar-refractivity contribution in [2.45, 2.75) is 30.7 Å². The molecule has 0 aliphatic heterocycles. The number of nitrogens with one attached hydrogen (secondary N) is 1. The molecule has 0 saturated carbocycles. The second-order valence-electron chi connectivity index (χ2n) is 4.18. The highest BCUT2D eigenvalue weighted by Gasteiger charge is 2.21. The van der Waals surface area contributed by atoms with Gasteiger partial charge in [-0.25, -0.2) is 13.1 Å². The first kappa shape index (κ1) is 16.5. The Bertz CT molecular complexity index is 538. The summed E-state index contributed by atoms with van der Waals surface area (Å²) in [5.41, 5.74) is 0. The van der Waals surface area contributed by atoms with E-state index in [9.17, 15) is 13.2 Å². The summed E-state index contributed by atoms with van der Waals surface area (Å²) in [6.45, 7) is 1.80. The molecule has 7 heteroatoms. The molecule has 1 unspecified atom stereocenters. The van der Waals surface area contributed by atoms with Crippen LogP contribution in [0, 0.1) is 0 Å². The number of rotatable bonds is 7. The fourth-order valence-electron chi connectivity index (χ4n) is 1.60. The number of methoxy groups -OCH3 is 2. The van der Waals surface area contributed by atoms with E-state index in [1.807, 2.05) is 0 Å². The van der Waals surface area contributed by atoms with Crippen molar-refractivity contribution in [1.82, 2.24) is 4.72 Å². The molecule has 0 aromatic heterocycles. The van der Waals surface area contributed by atoms with Crippen molar-refractivity contribution >= 4 is 16.0 Å². The highest BCUT2D eigenvalue weighted by atomic mass is 32.2. The number of sulfonamides is 1. The molecule has 0 radical (unpaired) electrons. The van der Waals surface area contributed by atoms with Gasteiger partial charge in [0.1, 0.15) is 5.75 Å². The Labute approximate surface area is 119 Å². The van der Waals surface area contributed by atoms with Gasteiger partial charge in [-0.3, -0.25) is 4.79 Å². The second-order valence-corrected chi connectivity index (χ2v) is 5.90. The van der Waals surface area contributed by atoms with E-state index >= 15 is 0 Å². The first-order valence-electron chi connectivity index (χ1n) is 6.16. The van der Waals surface area contributed by atoms with Crippen LogP contribution in [0.5, 0.6) is 5.75 Å². The lowest BCUT2D eigenvalue weighted by Gasteiger charge is -2.16. The van der Waals surface area contributed by atoms with Crippen molar-refractivity contribution in [2.75, 3.05) is 14.2 Å². The summed E-state index contributed by atoms with van der Waals surface area (Å²) >= 11 is 0. The van der Waals surface area contributed by atoms with Crippen molar-refractivity contribution < 1.29 is 22.7 Å². The molecule has 112 valence electrons. The molecule has 0 heterocycles. The van der Waals surface area contributed by atoms with Crippen molar-refractivity contribution in [1.29, 1.82) is 0 Å². The lowest BCUT2D eigenvalue weighted by Crippen LogP contribution is -2.36. The van der Waals surface area contributed by atoms with Crippen LogP contribution in [0.25, 0.3) is 0 Å². The molecule has 1 rings (SSSR count). The summed E-state index contributed by atoms with van der Waals surface area (Å²) in [5.74, 6) is 0.125. The van der Waals surface area contributed by atoms with E-state index < -0.39 is 22.0 Å². The lowest BCUT2D eigenvalue weighted by molar-refractivity contribution is -0.141. The van der Waals surface area contributed by atoms with Gasteiger partial charge in [-0.05, 0) is 30.7 Å². The van der Waals surface area contributed by atoms with E-state index in [2.05, 4.69) is 9.46 Å². The van der Waals surface area contributed by atoms with Gasteiger partial charge in [-0.1, -0.05) is 6.92 Å². The molecule has 0 spiro atoms. The van der Waals surface area contributed by atoms with Gasteiger partial charge < -0.3 is 9.47 Å². The number of esters is 1. The monoisotopic (exact) mass is 301 g/mol. The van der Waals surface area contributed by atoms with Crippen LogP contribution in [0.2, 0.25) is 0 Å². The molecule has 6 nitrogen and oxygen atoms in total. The molecule has 0 bridgehead atoms. The molecule has 0 aliphatic carbocycles. The summed E-state index contributed by atoms with van der Waals surface area (Å²) < 4.78 is 36.3. The number of hydrogen-bond donors (Lipinski definition) is 1. The van der Waals surface area contributed by atoms with E-state index in [0.29, 0.717) is 12.2 Å². The van der Waals surface area contributed by atoms with E-state index in [1.165, 1.54) is 26.4 Å². The molecule has 0 saturated heterocycles. The van der Waals surface area contributed by atoms with Crippen molar-refractivity contribution in [3.63, 3.8) is 0 Å². The summed E-state index contributed by atoms with van der Waals surface area (Å²) in [6.07, 6.45) is 0.493. The van der Waals surface area contributed by atoms with Gasteiger partial charge in [-0.2, -0.15) is 0 Å². The van der Waals surface area contributed by atoms with Crippen LogP contribution in [0.4, 0.5) is 0 Å². The largest absolute Gasteiger partial charge is 0.497 e. The maximum Gasteiger partial charge on any atom is 0.307 e. The van der Waals surface area contributed by atoms with Gasteiger partial charge in [0.2, 0.25) is 10.0 Å². The number of benzene rings is 1. The molecule has 0 aliphatic rings. The van der Waals surface area contributed by atoms with E-state index in [0.717, 1.165) is 0 Å². The number of carbonyl (C=O) groups excluding carboxylic acids is 1. The average molecular weight is 301 g/mol. The SMILES string of the molecule is CCC(CC(=O)OC)NS(=O)(=O)c1ccc(OC)cc1. The molecular weight excluding hydrogens is 282 g/mol. The smallest absolute Gasteiger partial charge is 0.307 e. The van der Waals surface area contributed by atoms with Crippen LogP contribution in [-0.4, -0.2) is 34.6 Å². The van der Waals surface area contributed by atoms with Crippen molar-refractivity contribution in [2.24, 2.45) is 0 Å². The topological polar surface area (TPSA) is 81.7 Å². The van der Waals surface area contributed by atoms with Gasteiger partial charge in [-0.15, -0.1) is 0 Å². The molecule has 1 atom stereocenters. The normalized spacial score (nSPS) is 12.8. The zero-order valence-corrected chi connectivity index (χ0v) is 12.6. The van der Waals surface area contributed by atoms with Crippen LogP contribution in [0.15, 0.2) is 29.2 Å². The Morgan fingerprint density at radius 1 is 1.25 bits per heavy atom. The third-order valence-corrected chi connectivity index (χ3v) is 4.36. The Hall–Kier alpha value is -1.60. The predicted molar refractivity (Wildman–Crippen MR) is 74.0 cm³/mol. The van der Waals surface area contributed by atoms with Crippen LogP contribution >= 0.6 is 0 Å². The molecule has 0 fully saturated rings. The summed E-state index contributed by atoms with van der Waals surface area (Å²) in [5, 5.41) is 0. The minimum atomic E-state index is -3.66. The first-order valence-corrected chi connectivity index (χ1v) is 7.64. The fraction of sp³-hybridized carbons (Fsp3) is 0.462. The Kier molecular flexibility index (Phi) is 5.97. The average Bonchev–Trinajstić information content (AvgIpc) is 2.46. The maximum absolute atomic E-state index is 12.2. The van der Waals surface area contributed by atoms with Crippen molar-refractivity contribution in [3.8, 4) is 5.75 Å². The number of ether oxygens (including phenoxy) is 2. The van der Waals surface area contributed by atoms with Crippen LogP contribution in [-0.2, 0) is 19.6 Å². The Balaban J connectivity index is 2.83. The predicted octanol–water partition coefficient (Wildman–Crippen LogP) is 1.32. The molecule has 0 amide bonds. The number of hydrogen-bond acceptors (Lipinski definition) is 5. The minimum Gasteiger partial charge on any atom is -0.497 e. The van der Waals surface area contributed by atoms with E-state index in [-0.39, 0.29) is 11.3 Å². The zero-order chi connectivity index (χ0) is 15.2. The highest BCUT2D eigenvalue weighted by molar-refractivity contribution is 7.89. The van der Waals surface area contributed by atoms with Gasteiger partial charge in [0.15, 0.2) is 0 Å². The summed E-state index contributed by atoms with van der Waals surface area (Å²) in [6, 6.07) is 5.54. The van der Waals surface area contributed by atoms with Gasteiger partial charge >= 0.3 is 5.97 Å². The highest BCUT2D eigenvalue weighted by Crippen LogP contribution is 2.16. The quantitative estimate of drug-likeness (QED) is 0.768. The fourth-order valence-corrected chi connectivity index (χ4v) is 2.92. The third-order valence-electron chi connectivity index (χ3n) is 2.83. The molecule has 1 N–H and O–H groups in total. The van der Waals surface area contributed by atoms with Gasteiger partial charge in [0.25, 0.3) is 0 Å². The minimum absolute atomic E-state index is 0.00237. The summed E-state index contributed by atoms with van der Waals surface area (Å²) in [7, 11) is -0.888. The zero-order valence-electron chi connectivity index (χ0n) is 11.8.